The van der Waals surface area contributed by atoms with Crippen LogP contribution >= 0.6 is 0 Å². The topological polar surface area (TPSA) is 55.3 Å². The number of nitrogens with one attached hydrogen (secondary N) is 2. The van der Waals surface area contributed by atoms with E-state index in [-0.39, 0.29) is 12.1 Å². The van der Waals surface area contributed by atoms with E-state index in [4.69, 9.17) is 4.74 Å². The molecule has 1 heterocycles. The minimum Gasteiger partial charge on any atom is -0.379 e. The number of nitrogens with zero attached hydrogens (tertiary/aromatic N) is 1. The summed E-state index contributed by atoms with van der Waals surface area (Å²) in [5.74, 6) is 0. The number of benzene rings is 1. The minimum atomic E-state index is -0.196. The zero-order chi connectivity index (χ0) is 15.8. The molecule has 2 aromatic rings. The predicted molar refractivity (Wildman–Crippen MR) is 88.5 cm³/mol. The van der Waals surface area contributed by atoms with E-state index in [0.29, 0.717) is 13.2 Å². The third kappa shape index (κ3) is 5.26. The van der Waals surface area contributed by atoms with Crippen LogP contribution < -0.4 is 10.6 Å². The third-order valence-electron chi connectivity index (χ3n) is 3.09. The molecule has 0 aliphatic rings. The van der Waals surface area contributed by atoms with Gasteiger partial charge in [-0.1, -0.05) is 0 Å². The van der Waals surface area contributed by atoms with E-state index in [1.165, 1.54) is 0 Å². The average molecular weight is 301 g/mol. The predicted octanol–water partition coefficient (Wildman–Crippen LogP) is 3.41. The lowest BCUT2D eigenvalue weighted by atomic mass is 10.3. The maximum Gasteiger partial charge on any atom is 0.319 e. The zero-order valence-corrected chi connectivity index (χ0v) is 13.1. The molecule has 0 atom stereocenters. The number of carbonyl (C=O) groups excluding carboxylic acids is 1. The van der Waals surface area contributed by atoms with Crippen LogP contribution in [0.1, 0.15) is 20.3 Å². The van der Waals surface area contributed by atoms with Gasteiger partial charge in [-0.25, -0.2) is 4.79 Å². The van der Waals surface area contributed by atoms with E-state index in [2.05, 4.69) is 10.6 Å². The fraction of sp³-hybridized carbons (Fsp3) is 0.353. The number of anilines is 1. The second-order valence-corrected chi connectivity index (χ2v) is 5.29. The van der Waals surface area contributed by atoms with Crippen molar-refractivity contribution in [1.29, 1.82) is 0 Å². The van der Waals surface area contributed by atoms with Crippen LogP contribution in [0.2, 0.25) is 0 Å². The van der Waals surface area contributed by atoms with Gasteiger partial charge in [0.2, 0.25) is 0 Å². The van der Waals surface area contributed by atoms with Gasteiger partial charge in [-0.05, 0) is 56.7 Å². The maximum absolute atomic E-state index is 11.8. The Kier molecular flexibility index (Phi) is 6.03. The van der Waals surface area contributed by atoms with Gasteiger partial charge < -0.3 is 19.9 Å². The van der Waals surface area contributed by atoms with Crippen molar-refractivity contribution in [3.05, 3.63) is 48.8 Å². The zero-order valence-electron chi connectivity index (χ0n) is 13.1. The average Bonchev–Trinajstić information content (AvgIpc) is 3.01. The van der Waals surface area contributed by atoms with Crippen LogP contribution in [0.25, 0.3) is 5.69 Å². The van der Waals surface area contributed by atoms with Gasteiger partial charge in [0, 0.05) is 36.9 Å². The maximum atomic E-state index is 11.8. The van der Waals surface area contributed by atoms with E-state index in [0.717, 1.165) is 17.8 Å². The highest BCUT2D eigenvalue weighted by Gasteiger charge is 2.02. The first-order valence-electron chi connectivity index (χ1n) is 7.55. The largest absolute Gasteiger partial charge is 0.379 e. The number of urea groups is 1. The van der Waals surface area contributed by atoms with Gasteiger partial charge in [-0.3, -0.25) is 0 Å². The molecule has 0 saturated carbocycles. The molecule has 1 aromatic heterocycles. The van der Waals surface area contributed by atoms with Crippen molar-refractivity contribution in [1.82, 2.24) is 9.88 Å². The van der Waals surface area contributed by atoms with Gasteiger partial charge in [0.1, 0.15) is 0 Å². The lowest BCUT2D eigenvalue weighted by molar-refractivity contribution is 0.0775. The Bertz CT molecular complexity index is 562. The number of ether oxygens (including phenoxy) is 1. The molecule has 0 aliphatic heterocycles. The van der Waals surface area contributed by atoms with Crippen LogP contribution in [0, 0.1) is 0 Å². The highest BCUT2D eigenvalue weighted by atomic mass is 16.5. The molecule has 0 bridgehead atoms. The highest BCUT2D eigenvalue weighted by Crippen LogP contribution is 2.13. The summed E-state index contributed by atoms with van der Waals surface area (Å²) < 4.78 is 7.43. The lowest BCUT2D eigenvalue weighted by Gasteiger charge is -2.10. The Balaban J connectivity index is 1.73. The molecule has 0 saturated heterocycles. The monoisotopic (exact) mass is 301 g/mol. The summed E-state index contributed by atoms with van der Waals surface area (Å²) >= 11 is 0. The molecule has 5 heteroatoms. The molecule has 0 fully saturated rings. The SMILES string of the molecule is CC(C)OCCCNC(=O)Nc1ccc(-n2cccc2)cc1. The molecule has 118 valence electrons. The summed E-state index contributed by atoms with van der Waals surface area (Å²) in [5, 5.41) is 5.63. The number of rotatable bonds is 7. The number of hydrogen-bond donors (Lipinski definition) is 2. The molecule has 2 N–H and O–H groups in total. The molecule has 1 aromatic carbocycles. The number of amides is 2. The van der Waals surface area contributed by atoms with Crippen molar-refractivity contribution in [2.45, 2.75) is 26.4 Å². The Morgan fingerprint density at radius 3 is 2.50 bits per heavy atom. The van der Waals surface area contributed by atoms with Crippen molar-refractivity contribution >= 4 is 11.7 Å². The molecule has 0 aliphatic carbocycles. The second-order valence-electron chi connectivity index (χ2n) is 5.29. The molecule has 2 rings (SSSR count). The van der Waals surface area contributed by atoms with E-state index >= 15 is 0 Å². The van der Waals surface area contributed by atoms with E-state index in [1.54, 1.807) is 0 Å². The molecule has 2 amide bonds. The normalized spacial score (nSPS) is 10.7. The highest BCUT2D eigenvalue weighted by molar-refractivity contribution is 5.89. The van der Waals surface area contributed by atoms with Crippen molar-refractivity contribution in [3.63, 3.8) is 0 Å². The van der Waals surface area contributed by atoms with Crippen molar-refractivity contribution in [3.8, 4) is 5.69 Å². The van der Waals surface area contributed by atoms with Crippen molar-refractivity contribution in [2.75, 3.05) is 18.5 Å². The minimum absolute atomic E-state index is 0.196. The van der Waals surface area contributed by atoms with Gasteiger partial charge in [0.25, 0.3) is 0 Å². The van der Waals surface area contributed by atoms with E-state index in [9.17, 15) is 4.79 Å². The number of aromatic nitrogens is 1. The molecule has 22 heavy (non-hydrogen) atoms. The molecular formula is C17H23N3O2. The lowest BCUT2D eigenvalue weighted by Crippen LogP contribution is -2.30. The third-order valence-corrected chi connectivity index (χ3v) is 3.09. The molecule has 0 unspecified atom stereocenters. The van der Waals surface area contributed by atoms with Gasteiger partial charge in [-0.15, -0.1) is 0 Å². The summed E-state index contributed by atoms with van der Waals surface area (Å²) in [6.45, 7) is 5.25. The van der Waals surface area contributed by atoms with Crippen LogP contribution in [0.4, 0.5) is 10.5 Å². The fourth-order valence-corrected chi connectivity index (χ4v) is 1.99. The Morgan fingerprint density at radius 1 is 1.18 bits per heavy atom. The first-order valence-corrected chi connectivity index (χ1v) is 7.55. The van der Waals surface area contributed by atoms with Crippen LogP contribution in [-0.4, -0.2) is 29.9 Å². The van der Waals surface area contributed by atoms with Gasteiger partial charge in [-0.2, -0.15) is 0 Å². The van der Waals surface area contributed by atoms with Gasteiger partial charge >= 0.3 is 6.03 Å². The van der Waals surface area contributed by atoms with Crippen LogP contribution in [0.15, 0.2) is 48.8 Å². The second kappa shape index (κ2) is 8.24. The van der Waals surface area contributed by atoms with E-state index < -0.39 is 0 Å². The number of hydrogen-bond acceptors (Lipinski definition) is 2. The van der Waals surface area contributed by atoms with Crippen LogP contribution in [0.5, 0.6) is 0 Å². The Hall–Kier alpha value is -2.27. The molecular weight excluding hydrogens is 278 g/mol. The standard InChI is InChI=1S/C17H23N3O2/c1-14(2)22-13-5-10-18-17(21)19-15-6-8-16(9-7-15)20-11-3-4-12-20/h3-4,6-9,11-12,14H,5,10,13H2,1-2H3,(H2,18,19,21). The summed E-state index contributed by atoms with van der Waals surface area (Å²) in [5.41, 5.74) is 1.83. The van der Waals surface area contributed by atoms with E-state index in [1.807, 2.05) is 67.2 Å². The quantitative estimate of drug-likeness (QED) is 0.770. The smallest absolute Gasteiger partial charge is 0.319 e. The molecule has 5 nitrogen and oxygen atoms in total. The molecule has 0 radical (unpaired) electrons. The Labute approximate surface area is 131 Å². The summed E-state index contributed by atoms with van der Waals surface area (Å²) in [4.78, 5) is 11.8. The number of carbonyl (C=O) groups is 1. The van der Waals surface area contributed by atoms with Crippen molar-refractivity contribution in [2.24, 2.45) is 0 Å². The van der Waals surface area contributed by atoms with Crippen molar-refractivity contribution < 1.29 is 9.53 Å². The summed E-state index contributed by atoms with van der Waals surface area (Å²) in [7, 11) is 0. The van der Waals surface area contributed by atoms with Gasteiger partial charge in [0.05, 0.1) is 6.10 Å². The first-order chi connectivity index (χ1) is 10.6. The van der Waals surface area contributed by atoms with Gasteiger partial charge in [0.15, 0.2) is 0 Å². The Morgan fingerprint density at radius 2 is 1.86 bits per heavy atom. The van der Waals surface area contributed by atoms with Crippen LogP contribution in [-0.2, 0) is 4.74 Å². The summed E-state index contributed by atoms with van der Waals surface area (Å²) in [6.07, 6.45) is 4.99. The fourth-order valence-electron chi connectivity index (χ4n) is 1.99. The van der Waals surface area contributed by atoms with Crippen LogP contribution in [0.3, 0.4) is 0 Å². The summed E-state index contributed by atoms with van der Waals surface area (Å²) in [6, 6.07) is 11.5. The first kappa shape index (κ1) is 16.1. The molecule has 0 spiro atoms.